The Hall–Kier alpha value is -1.56. The summed E-state index contributed by atoms with van der Waals surface area (Å²) in [6, 6.07) is 1.37. The molecule has 1 unspecified atom stereocenters. The maximum absolute atomic E-state index is 11.8. The van der Waals surface area contributed by atoms with E-state index in [0.29, 0.717) is 0 Å². The van der Waals surface area contributed by atoms with E-state index in [1.54, 1.807) is 11.8 Å². The van der Waals surface area contributed by atoms with E-state index in [2.05, 4.69) is 10.3 Å². The minimum atomic E-state index is -1.07. The number of aromatic nitrogens is 1. The third-order valence-corrected chi connectivity index (χ3v) is 3.91. The highest BCUT2D eigenvalue weighted by molar-refractivity contribution is 8.00. The van der Waals surface area contributed by atoms with Crippen LogP contribution in [0.25, 0.3) is 0 Å². The third-order valence-electron chi connectivity index (χ3n) is 2.53. The lowest BCUT2D eigenvalue weighted by Crippen LogP contribution is -2.24. The number of pyridine rings is 1. The first kappa shape index (κ1) is 11.9. The zero-order chi connectivity index (χ0) is 12.3. The Morgan fingerprint density at radius 1 is 1.53 bits per heavy atom. The first-order valence-electron chi connectivity index (χ1n) is 5.28. The highest BCUT2D eigenvalue weighted by Gasteiger charge is 2.24. The summed E-state index contributed by atoms with van der Waals surface area (Å²) in [6.07, 6.45) is 4.63. The molecule has 1 aromatic heterocycles. The van der Waals surface area contributed by atoms with Crippen LogP contribution < -0.4 is 5.32 Å². The van der Waals surface area contributed by atoms with Gasteiger partial charge in [0.05, 0.1) is 22.7 Å². The molecular weight excluding hydrogens is 240 g/mol. The Labute approximate surface area is 103 Å². The molecule has 1 fully saturated rings. The van der Waals surface area contributed by atoms with Gasteiger partial charge in [0, 0.05) is 6.20 Å². The van der Waals surface area contributed by atoms with E-state index in [-0.39, 0.29) is 22.4 Å². The standard InChI is InChI=1S/C11H12N2O3S/c14-10(9-2-1-5-17-9)13-8-6-12-4-3-7(8)11(15)16/h3-4,6,9H,1-2,5H2,(H,13,14)(H,15,16). The molecule has 2 heterocycles. The van der Waals surface area contributed by atoms with Gasteiger partial charge in [-0.2, -0.15) is 0 Å². The Kier molecular flexibility index (Phi) is 3.63. The number of aromatic carboxylic acids is 1. The van der Waals surface area contributed by atoms with E-state index in [9.17, 15) is 9.59 Å². The molecule has 0 radical (unpaired) electrons. The zero-order valence-corrected chi connectivity index (χ0v) is 9.87. The van der Waals surface area contributed by atoms with E-state index >= 15 is 0 Å². The molecule has 1 amide bonds. The number of nitrogens with zero attached hydrogens (tertiary/aromatic N) is 1. The maximum atomic E-state index is 11.8. The van der Waals surface area contributed by atoms with Gasteiger partial charge in [-0.05, 0) is 24.7 Å². The van der Waals surface area contributed by atoms with Crippen molar-refractivity contribution in [2.75, 3.05) is 11.1 Å². The van der Waals surface area contributed by atoms with Crippen molar-refractivity contribution in [3.63, 3.8) is 0 Å². The van der Waals surface area contributed by atoms with E-state index in [4.69, 9.17) is 5.11 Å². The molecule has 1 aliphatic rings. The van der Waals surface area contributed by atoms with Crippen LogP contribution in [0.2, 0.25) is 0 Å². The van der Waals surface area contributed by atoms with Crippen LogP contribution in [-0.4, -0.2) is 33.0 Å². The maximum Gasteiger partial charge on any atom is 0.337 e. The first-order chi connectivity index (χ1) is 8.18. The van der Waals surface area contributed by atoms with Crippen LogP contribution in [0.1, 0.15) is 23.2 Å². The fourth-order valence-electron chi connectivity index (χ4n) is 1.68. The largest absolute Gasteiger partial charge is 0.478 e. The average molecular weight is 252 g/mol. The number of carbonyl (C=O) groups excluding carboxylic acids is 1. The molecule has 0 aliphatic carbocycles. The molecule has 6 heteroatoms. The number of hydrogen-bond acceptors (Lipinski definition) is 4. The van der Waals surface area contributed by atoms with Crippen LogP contribution in [0, 0.1) is 0 Å². The lowest BCUT2D eigenvalue weighted by molar-refractivity contribution is -0.115. The van der Waals surface area contributed by atoms with Gasteiger partial charge in [0.1, 0.15) is 0 Å². The second kappa shape index (κ2) is 5.18. The molecule has 0 bridgehead atoms. The van der Waals surface area contributed by atoms with Crippen LogP contribution in [0.5, 0.6) is 0 Å². The Balaban J connectivity index is 2.12. The van der Waals surface area contributed by atoms with Gasteiger partial charge in [0.25, 0.3) is 0 Å². The smallest absolute Gasteiger partial charge is 0.337 e. The number of nitrogens with one attached hydrogen (secondary N) is 1. The molecule has 0 saturated carbocycles. The van der Waals surface area contributed by atoms with Crippen LogP contribution in [-0.2, 0) is 4.79 Å². The summed E-state index contributed by atoms with van der Waals surface area (Å²) in [4.78, 5) is 26.6. The summed E-state index contributed by atoms with van der Waals surface area (Å²) in [6.45, 7) is 0. The molecule has 1 atom stereocenters. The molecule has 1 aliphatic heterocycles. The minimum absolute atomic E-state index is 0.0661. The van der Waals surface area contributed by atoms with Crippen molar-refractivity contribution in [1.82, 2.24) is 4.98 Å². The predicted molar refractivity (Wildman–Crippen MR) is 65.3 cm³/mol. The summed E-state index contributed by atoms with van der Waals surface area (Å²) >= 11 is 1.60. The minimum Gasteiger partial charge on any atom is -0.478 e. The summed E-state index contributed by atoms with van der Waals surface area (Å²) in [5.41, 5.74) is 0.328. The number of anilines is 1. The van der Waals surface area contributed by atoms with Gasteiger partial charge in [0.15, 0.2) is 0 Å². The van der Waals surface area contributed by atoms with Gasteiger partial charge in [-0.1, -0.05) is 0 Å². The normalized spacial score (nSPS) is 18.9. The number of carbonyl (C=O) groups is 2. The van der Waals surface area contributed by atoms with Gasteiger partial charge in [-0.15, -0.1) is 11.8 Å². The first-order valence-corrected chi connectivity index (χ1v) is 6.33. The van der Waals surface area contributed by atoms with Gasteiger partial charge in [0.2, 0.25) is 5.91 Å². The van der Waals surface area contributed by atoms with Gasteiger partial charge in [-0.3, -0.25) is 9.78 Å². The quantitative estimate of drug-likeness (QED) is 0.854. The number of rotatable bonds is 3. The number of carboxylic acid groups (broad SMARTS) is 1. The van der Waals surface area contributed by atoms with Crippen LogP contribution in [0.4, 0.5) is 5.69 Å². The molecule has 17 heavy (non-hydrogen) atoms. The van der Waals surface area contributed by atoms with Crippen molar-refractivity contribution in [2.24, 2.45) is 0 Å². The zero-order valence-electron chi connectivity index (χ0n) is 9.05. The lowest BCUT2D eigenvalue weighted by Gasteiger charge is -2.11. The summed E-state index contributed by atoms with van der Waals surface area (Å²) in [5.74, 6) is -0.221. The summed E-state index contributed by atoms with van der Waals surface area (Å²) in [7, 11) is 0. The van der Waals surface area contributed by atoms with Crippen LogP contribution in [0.15, 0.2) is 18.5 Å². The fourth-order valence-corrected chi connectivity index (χ4v) is 2.84. The van der Waals surface area contributed by atoms with Crippen molar-refractivity contribution in [3.05, 3.63) is 24.0 Å². The predicted octanol–water partition coefficient (Wildman–Crippen LogP) is 1.61. The average Bonchev–Trinajstić information content (AvgIpc) is 2.83. The topological polar surface area (TPSA) is 79.3 Å². The molecular formula is C11H12N2O3S. The molecule has 90 valence electrons. The molecule has 2 rings (SSSR count). The highest BCUT2D eigenvalue weighted by Crippen LogP contribution is 2.27. The summed E-state index contributed by atoms with van der Waals surface area (Å²) < 4.78 is 0. The molecule has 5 nitrogen and oxygen atoms in total. The molecule has 0 aromatic carbocycles. The van der Waals surface area contributed by atoms with Crippen molar-refractivity contribution in [3.8, 4) is 0 Å². The second-order valence-corrected chi connectivity index (χ2v) is 5.03. The number of amides is 1. The van der Waals surface area contributed by atoms with Crippen LogP contribution >= 0.6 is 11.8 Å². The van der Waals surface area contributed by atoms with Crippen molar-refractivity contribution >= 4 is 29.3 Å². The van der Waals surface area contributed by atoms with E-state index in [1.165, 1.54) is 18.5 Å². The number of hydrogen-bond donors (Lipinski definition) is 2. The van der Waals surface area contributed by atoms with Gasteiger partial charge in [-0.25, -0.2) is 4.79 Å². The van der Waals surface area contributed by atoms with Crippen molar-refractivity contribution in [1.29, 1.82) is 0 Å². The Morgan fingerprint density at radius 2 is 2.35 bits per heavy atom. The Bertz CT molecular complexity index is 444. The third kappa shape index (κ3) is 2.76. The van der Waals surface area contributed by atoms with Crippen LogP contribution in [0.3, 0.4) is 0 Å². The Morgan fingerprint density at radius 3 is 3.00 bits per heavy atom. The van der Waals surface area contributed by atoms with Gasteiger partial charge < -0.3 is 10.4 Å². The van der Waals surface area contributed by atoms with Crippen molar-refractivity contribution < 1.29 is 14.7 Å². The van der Waals surface area contributed by atoms with E-state index in [1.807, 2.05) is 0 Å². The highest BCUT2D eigenvalue weighted by atomic mass is 32.2. The van der Waals surface area contributed by atoms with E-state index in [0.717, 1.165) is 18.6 Å². The van der Waals surface area contributed by atoms with Crippen molar-refractivity contribution in [2.45, 2.75) is 18.1 Å². The van der Waals surface area contributed by atoms with Gasteiger partial charge >= 0.3 is 5.97 Å². The molecule has 1 aromatic rings. The van der Waals surface area contributed by atoms with E-state index < -0.39 is 5.97 Å². The lowest BCUT2D eigenvalue weighted by atomic mass is 10.2. The second-order valence-electron chi connectivity index (χ2n) is 3.72. The number of carboxylic acids is 1. The molecule has 1 saturated heterocycles. The SMILES string of the molecule is O=C(O)c1ccncc1NC(=O)C1CCCS1. The summed E-state index contributed by atoms with van der Waals surface area (Å²) in [5, 5.41) is 11.5. The number of thioether (sulfide) groups is 1. The fraction of sp³-hybridized carbons (Fsp3) is 0.364. The molecule has 0 spiro atoms. The molecule has 2 N–H and O–H groups in total. The monoisotopic (exact) mass is 252 g/mol.